The predicted molar refractivity (Wildman–Crippen MR) is 64.6 cm³/mol. The molecule has 0 spiro atoms. The molecule has 86 valence electrons. The summed E-state index contributed by atoms with van der Waals surface area (Å²) in [7, 11) is 0. The van der Waals surface area contributed by atoms with E-state index in [1.54, 1.807) is 4.68 Å². The van der Waals surface area contributed by atoms with Crippen LogP contribution in [0.15, 0.2) is 30.5 Å². The van der Waals surface area contributed by atoms with Gasteiger partial charge in [-0.25, -0.2) is 4.68 Å². The van der Waals surface area contributed by atoms with Crippen LogP contribution in [-0.2, 0) is 6.42 Å². The van der Waals surface area contributed by atoms with Gasteiger partial charge in [-0.2, -0.15) is 5.26 Å². The molecule has 0 amide bonds. The Morgan fingerprint density at radius 1 is 1.29 bits per heavy atom. The van der Waals surface area contributed by atoms with Gasteiger partial charge in [-0.3, -0.25) is 0 Å². The molecule has 0 bridgehead atoms. The minimum absolute atomic E-state index is 0.567. The largest absolute Gasteiger partial charge is 0.220 e. The number of nitrogens with zero attached hydrogens (tertiary/aromatic N) is 4. The fourth-order valence-corrected chi connectivity index (χ4v) is 1.59. The van der Waals surface area contributed by atoms with Gasteiger partial charge in [0.2, 0.25) is 0 Å². The van der Waals surface area contributed by atoms with Gasteiger partial charge in [0.05, 0.1) is 23.6 Å². The molecular weight excluding hydrogens is 212 g/mol. The number of benzene rings is 1. The van der Waals surface area contributed by atoms with Crippen molar-refractivity contribution >= 4 is 0 Å². The van der Waals surface area contributed by atoms with E-state index in [1.807, 2.05) is 30.5 Å². The number of aromatic nitrogens is 3. The molecule has 2 aromatic rings. The Kier molecular flexibility index (Phi) is 3.51. The summed E-state index contributed by atoms with van der Waals surface area (Å²) in [4.78, 5) is 0. The molecule has 1 aromatic heterocycles. The molecule has 17 heavy (non-hydrogen) atoms. The molecule has 2 rings (SSSR count). The molecule has 0 unspecified atom stereocenters. The standard InChI is InChI=1S/C13H14N4/c1-11-5-7-13(8-6-11)17-10-12(15-16-17)4-2-3-9-14/h5-8,10H,2-4H2,1H3. The van der Waals surface area contributed by atoms with Gasteiger partial charge in [0, 0.05) is 6.42 Å². The van der Waals surface area contributed by atoms with Crippen LogP contribution < -0.4 is 0 Å². The second-order valence-corrected chi connectivity index (χ2v) is 4.00. The first-order valence-corrected chi connectivity index (χ1v) is 5.65. The van der Waals surface area contributed by atoms with Crippen LogP contribution in [-0.4, -0.2) is 15.0 Å². The van der Waals surface area contributed by atoms with Gasteiger partial charge in [0.1, 0.15) is 0 Å². The van der Waals surface area contributed by atoms with Gasteiger partial charge in [0.25, 0.3) is 0 Å². The molecular formula is C13H14N4. The molecule has 0 radical (unpaired) electrons. The average molecular weight is 226 g/mol. The molecule has 0 saturated heterocycles. The number of hydrogen-bond acceptors (Lipinski definition) is 3. The van der Waals surface area contributed by atoms with E-state index in [0.717, 1.165) is 24.2 Å². The topological polar surface area (TPSA) is 54.5 Å². The lowest BCUT2D eigenvalue weighted by Gasteiger charge is -1.99. The van der Waals surface area contributed by atoms with Crippen LogP contribution in [0.4, 0.5) is 0 Å². The number of nitriles is 1. The Labute approximate surface area is 101 Å². The van der Waals surface area contributed by atoms with Crippen molar-refractivity contribution in [3.63, 3.8) is 0 Å². The van der Waals surface area contributed by atoms with Gasteiger partial charge < -0.3 is 0 Å². The van der Waals surface area contributed by atoms with Gasteiger partial charge in [-0.1, -0.05) is 22.9 Å². The Morgan fingerprint density at radius 2 is 2.06 bits per heavy atom. The second-order valence-electron chi connectivity index (χ2n) is 4.00. The second kappa shape index (κ2) is 5.26. The summed E-state index contributed by atoms with van der Waals surface area (Å²) < 4.78 is 1.77. The number of rotatable bonds is 4. The van der Waals surface area contributed by atoms with Gasteiger partial charge >= 0.3 is 0 Å². The quantitative estimate of drug-likeness (QED) is 0.752. The Bertz CT molecular complexity index is 519. The Hall–Kier alpha value is -2.15. The van der Waals surface area contributed by atoms with Crippen LogP contribution in [0.1, 0.15) is 24.1 Å². The molecule has 0 aliphatic carbocycles. The zero-order valence-electron chi connectivity index (χ0n) is 9.80. The molecule has 0 aliphatic heterocycles. The first kappa shape index (κ1) is 11.3. The van der Waals surface area contributed by atoms with E-state index >= 15 is 0 Å². The van der Waals surface area contributed by atoms with Crippen molar-refractivity contribution in [3.8, 4) is 11.8 Å². The third-order valence-corrected chi connectivity index (χ3v) is 2.56. The van der Waals surface area contributed by atoms with Crippen molar-refractivity contribution in [1.29, 1.82) is 5.26 Å². The summed E-state index contributed by atoms with van der Waals surface area (Å²) >= 11 is 0. The number of aryl methyl sites for hydroxylation is 2. The maximum atomic E-state index is 8.46. The summed E-state index contributed by atoms with van der Waals surface area (Å²) in [6.45, 7) is 2.05. The molecule has 0 saturated carbocycles. The van der Waals surface area contributed by atoms with E-state index in [-0.39, 0.29) is 0 Å². The lowest BCUT2D eigenvalue weighted by molar-refractivity contribution is 0.782. The third kappa shape index (κ3) is 2.91. The van der Waals surface area contributed by atoms with Crippen LogP contribution in [0, 0.1) is 18.3 Å². The summed E-state index contributed by atoms with van der Waals surface area (Å²) in [6, 6.07) is 10.3. The molecule has 0 atom stereocenters. The van der Waals surface area contributed by atoms with E-state index in [2.05, 4.69) is 23.3 Å². The van der Waals surface area contributed by atoms with Crippen molar-refractivity contribution in [2.45, 2.75) is 26.2 Å². The SMILES string of the molecule is Cc1ccc(-n2cc(CCCC#N)nn2)cc1. The van der Waals surface area contributed by atoms with Crippen LogP contribution in [0.3, 0.4) is 0 Å². The maximum Gasteiger partial charge on any atom is 0.0832 e. The van der Waals surface area contributed by atoms with Crippen molar-refractivity contribution in [2.24, 2.45) is 0 Å². The highest BCUT2D eigenvalue weighted by atomic mass is 15.4. The van der Waals surface area contributed by atoms with Gasteiger partial charge in [-0.05, 0) is 31.9 Å². The summed E-state index contributed by atoms with van der Waals surface area (Å²) in [5.41, 5.74) is 3.17. The normalized spacial score (nSPS) is 10.1. The summed E-state index contributed by atoms with van der Waals surface area (Å²) in [5, 5.41) is 16.6. The minimum atomic E-state index is 0.567. The monoisotopic (exact) mass is 226 g/mol. The highest BCUT2D eigenvalue weighted by Gasteiger charge is 2.02. The zero-order valence-corrected chi connectivity index (χ0v) is 9.80. The Morgan fingerprint density at radius 3 is 2.76 bits per heavy atom. The first-order chi connectivity index (χ1) is 8.29. The fourth-order valence-electron chi connectivity index (χ4n) is 1.59. The summed E-state index contributed by atoms with van der Waals surface area (Å²) in [6.07, 6.45) is 4.13. The van der Waals surface area contributed by atoms with E-state index in [1.165, 1.54) is 5.56 Å². The molecule has 1 aromatic carbocycles. The first-order valence-electron chi connectivity index (χ1n) is 5.65. The van der Waals surface area contributed by atoms with E-state index in [9.17, 15) is 0 Å². The van der Waals surface area contributed by atoms with E-state index in [0.29, 0.717) is 6.42 Å². The minimum Gasteiger partial charge on any atom is -0.220 e. The lowest BCUT2D eigenvalue weighted by Crippen LogP contribution is -1.94. The molecule has 0 fully saturated rings. The van der Waals surface area contributed by atoms with Crippen LogP contribution >= 0.6 is 0 Å². The highest BCUT2D eigenvalue weighted by molar-refractivity contribution is 5.33. The number of unbranched alkanes of at least 4 members (excludes halogenated alkanes) is 1. The lowest BCUT2D eigenvalue weighted by atomic mass is 10.2. The molecule has 0 N–H and O–H groups in total. The van der Waals surface area contributed by atoms with Crippen molar-refractivity contribution in [3.05, 3.63) is 41.7 Å². The van der Waals surface area contributed by atoms with Crippen LogP contribution in [0.2, 0.25) is 0 Å². The molecule has 0 aliphatic rings. The van der Waals surface area contributed by atoms with E-state index < -0.39 is 0 Å². The molecule has 4 heteroatoms. The maximum absolute atomic E-state index is 8.46. The van der Waals surface area contributed by atoms with Gasteiger partial charge in [-0.15, -0.1) is 5.10 Å². The zero-order chi connectivity index (χ0) is 12.1. The average Bonchev–Trinajstić information content (AvgIpc) is 2.79. The van der Waals surface area contributed by atoms with E-state index in [4.69, 9.17) is 5.26 Å². The van der Waals surface area contributed by atoms with Crippen LogP contribution in [0.5, 0.6) is 0 Å². The number of hydrogen-bond donors (Lipinski definition) is 0. The molecule has 4 nitrogen and oxygen atoms in total. The smallest absolute Gasteiger partial charge is 0.0832 e. The summed E-state index contributed by atoms with van der Waals surface area (Å²) in [5.74, 6) is 0. The van der Waals surface area contributed by atoms with Crippen molar-refractivity contribution < 1.29 is 0 Å². The Balaban J connectivity index is 2.08. The predicted octanol–water partition coefficient (Wildman–Crippen LogP) is 2.42. The fraction of sp³-hybridized carbons (Fsp3) is 0.308. The third-order valence-electron chi connectivity index (χ3n) is 2.56. The van der Waals surface area contributed by atoms with Gasteiger partial charge in [0.15, 0.2) is 0 Å². The van der Waals surface area contributed by atoms with Crippen LogP contribution in [0.25, 0.3) is 5.69 Å². The van der Waals surface area contributed by atoms with Crippen molar-refractivity contribution in [1.82, 2.24) is 15.0 Å². The highest BCUT2D eigenvalue weighted by Crippen LogP contribution is 2.09. The van der Waals surface area contributed by atoms with Crippen molar-refractivity contribution in [2.75, 3.05) is 0 Å². The molecule has 1 heterocycles.